The molecule has 3 amide bonds. The van der Waals surface area contributed by atoms with Crippen LogP contribution in [0.4, 0.5) is 0 Å². The molecule has 1 saturated heterocycles. The van der Waals surface area contributed by atoms with Crippen LogP contribution in [0.15, 0.2) is 53.9 Å². The lowest BCUT2D eigenvalue weighted by atomic mass is 9.95. The molecule has 4 rings (SSSR count). The van der Waals surface area contributed by atoms with E-state index < -0.39 is 29.7 Å². The van der Waals surface area contributed by atoms with E-state index in [4.69, 9.17) is 23.2 Å². The van der Waals surface area contributed by atoms with Crippen LogP contribution in [0.1, 0.15) is 28.8 Å². The Balaban J connectivity index is 1.28. The summed E-state index contributed by atoms with van der Waals surface area (Å²) in [6, 6.07) is 10.9. The maximum absolute atomic E-state index is 12.7. The molecular formula is C27H25Cl2N3O5S. The van der Waals surface area contributed by atoms with Crippen LogP contribution in [-0.2, 0) is 14.4 Å². The van der Waals surface area contributed by atoms with E-state index in [1.54, 1.807) is 41.3 Å². The number of hydrogen-bond donors (Lipinski definition) is 3. The number of nitrogens with zero attached hydrogens (tertiary/aromatic N) is 1. The van der Waals surface area contributed by atoms with Gasteiger partial charge in [-0.05, 0) is 59.5 Å². The van der Waals surface area contributed by atoms with Crippen LogP contribution in [0, 0.1) is 5.92 Å². The molecule has 0 spiro atoms. The number of carbonyl (C=O) groups excluding carboxylic acids is 3. The van der Waals surface area contributed by atoms with Gasteiger partial charge in [0.2, 0.25) is 11.8 Å². The number of fused-ring (bicyclic) bond motifs is 1. The van der Waals surface area contributed by atoms with Gasteiger partial charge < -0.3 is 20.6 Å². The molecule has 0 radical (unpaired) electrons. The second kappa shape index (κ2) is 12.4. The van der Waals surface area contributed by atoms with Crippen LogP contribution in [0.2, 0.25) is 10.0 Å². The fraction of sp³-hybridized carbons (Fsp3) is 0.259. The van der Waals surface area contributed by atoms with E-state index >= 15 is 0 Å². The molecule has 38 heavy (non-hydrogen) atoms. The lowest BCUT2D eigenvalue weighted by molar-refractivity contribution is -0.142. The van der Waals surface area contributed by atoms with Crippen LogP contribution < -0.4 is 10.6 Å². The van der Waals surface area contributed by atoms with Gasteiger partial charge in [-0.1, -0.05) is 41.4 Å². The molecule has 0 saturated carbocycles. The highest BCUT2D eigenvalue weighted by molar-refractivity contribution is 7.18. The van der Waals surface area contributed by atoms with Crippen LogP contribution >= 0.6 is 34.5 Å². The zero-order chi connectivity index (χ0) is 27.2. The molecule has 1 aliphatic heterocycles. The fourth-order valence-electron chi connectivity index (χ4n) is 4.19. The molecule has 8 nitrogen and oxygen atoms in total. The number of nitrogens with one attached hydrogen (secondary N) is 2. The molecule has 11 heteroatoms. The molecule has 2 aromatic carbocycles. The quantitative estimate of drug-likeness (QED) is 0.344. The summed E-state index contributed by atoms with van der Waals surface area (Å²) < 4.78 is 0.893. The third-order valence-electron chi connectivity index (χ3n) is 6.35. The van der Waals surface area contributed by atoms with Crippen molar-refractivity contribution in [3.8, 4) is 0 Å². The van der Waals surface area contributed by atoms with Crippen LogP contribution in [0.25, 0.3) is 16.2 Å². The Bertz CT molecular complexity index is 1380. The van der Waals surface area contributed by atoms with E-state index in [0.717, 1.165) is 10.1 Å². The average Bonchev–Trinajstić information content (AvgIpc) is 3.41. The van der Waals surface area contributed by atoms with Crippen molar-refractivity contribution in [1.29, 1.82) is 0 Å². The number of carbonyl (C=O) groups is 4. The highest BCUT2D eigenvalue weighted by atomic mass is 35.5. The predicted octanol–water partition coefficient (Wildman–Crippen LogP) is 4.46. The Morgan fingerprint density at radius 3 is 2.47 bits per heavy atom. The molecular weight excluding hydrogens is 549 g/mol. The first-order valence-corrected chi connectivity index (χ1v) is 13.6. The van der Waals surface area contributed by atoms with Crippen molar-refractivity contribution in [3.63, 3.8) is 0 Å². The van der Waals surface area contributed by atoms with Crippen LogP contribution in [0.5, 0.6) is 0 Å². The SMILES string of the molecule is O=C(NCC(NC(=O)C1CCN(C(=O)C=Cc2cc3ccsc3c(Cl)c2Cl)CC1)C(=O)O)c1ccccc1. The standard InChI is InChI=1S/C27H25Cl2N3O5S/c28-22-18(14-19-10-13-38-24(19)23(22)29)6-7-21(33)32-11-8-17(9-12-32)26(35)31-20(27(36)37)15-30-25(34)16-4-2-1-3-5-16/h1-7,10,13-14,17,20H,8-9,11-12,15H2,(H,30,34)(H,31,35)(H,36,37). The van der Waals surface area contributed by atoms with Crippen molar-refractivity contribution in [3.05, 3.63) is 75.1 Å². The fourth-order valence-corrected chi connectivity index (χ4v) is 5.63. The third kappa shape index (κ3) is 6.53. The van der Waals surface area contributed by atoms with E-state index in [1.165, 1.54) is 17.4 Å². The first-order valence-electron chi connectivity index (χ1n) is 11.9. The Morgan fingerprint density at radius 2 is 1.79 bits per heavy atom. The third-order valence-corrected chi connectivity index (χ3v) is 8.29. The van der Waals surface area contributed by atoms with Gasteiger partial charge in [-0.3, -0.25) is 14.4 Å². The largest absolute Gasteiger partial charge is 0.480 e. The number of carboxylic acid groups (broad SMARTS) is 1. The number of carboxylic acids is 1. The summed E-state index contributed by atoms with van der Waals surface area (Å²) in [6.45, 7) is 0.449. The van der Waals surface area contributed by atoms with Gasteiger partial charge in [0.15, 0.2) is 0 Å². The van der Waals surface area contributed by atoms with Gasteiger partial charge in [-0.25, -0.2) is 4.79 Å². The van der Waals surface area contributed by atoms with Gasteiger partial charge in [0, 0.05) is 37.2 Å². The molecule has 1 aromatic heterocycles. The number of halogens is 2. The van der Waals surface area contributed by atoms with Crippen LogP contribution in [0.3, 0.4) is 0 Å². The molecule has 1 unspecified atom stereocenters. The topological polar surface area (TPSA) is 116 Å². The molecule has 1 fully saturated rings. The summed E-state index contributed by atoms with van der Waals surface area (Å²) in [4.78, 5) is 51.0. The van der Waals surface area contributed by atoms with Gasteiger partial charge in [0.05, 0.1) is 14.7 Å². The van der Waals surface area contributed by atoms with E-state index in [0.29, 0.717) is 47.1 Å². The van der Waals surface area contributed by atoms with Gasteiger partial charge in [-0.2, -0.15) is 0 Å². The summed E-state index contributed by atoms with van der Waals surface area (Å²) in [5, 5.41) is 18.3. The van der Waals surface area contributed by atoms with E-state index in [1.807, 2.05) is 17.5 Å². The summed E-state index contributed by atoms with van der Waals surface area (Å²) in [7, 11) is 0. The number of piperidine rings is 1. The Morgan fingerprint density at radius 1 is 1.08 bits per heavy atom. The minimum Gasteiger partial charge on any atom is -0.480 e. The van der Waals surface area contributed by atoms with Crippen molar-refractivity contribution in [2.24, 2.45) is 5.92 Å². The van der Waals surface area contributed by atoms with Crippen molar-refractivity contribution in [2.45, 2.75) is 18.9 Å². The normalized spacial score (nSPS) is 14.9. The van der Waals surface area contributed by atoms with Crippen molar-refractivity contribution < 1.29 is 24.3 Å². The summed E-state index contributed by atoms with van der Waals surface area (Å²) >= 11 is 14.2. The van der Waals surface area contributed by atoms with Crippen molar-refractivity contribution in [2.75, 3.05) is 19.6 Å². The number of likely N-dealkylation sites (tertiary alicyclic amines) is 1. The maximum atomic E-state index is 12.7. The molecule has 0 bridgehead atoms. The summed E-state index contributed by atoms with van der Waals surface area (Å²) in [5.74, 6) is -2.74. The van der Waals surface area contributed by atoms with E-state index in [-0.39, 0.29) is 12.5 Å². The molecule has 198 valence electrons. The second-order valence-corrected chi connectivity index (χ2v) is 10.5. The zero-order valence-electron chi connectivity index (χ0n) is 20.2. The van der Waals surface area contributed by atoms with Crippen LogP contribution in [-0.4, -0.2) is 59.4 Å². The van der Waals surface area contributed by atoms with Gasteiger partial charge in [0.25, 0.3) is 5.91 Å². The number of rotatable bonds is 8. The maximum Gasteiger partial charge on any atom is 0.328 e. The minimum atomic E-state index is -1.27. The highest BCUT2D eigenvalue weighted by Gasteiger charge is 2.30. The Labute approximate surface area is 233 Å². The number of hydrogen-bond acceptors (Lipinski definition) is 5. The number of amides is 3. The number of benzene rings is 2. The van der Waals surface area contributed by atoms with Gasteiger partial charge in [-0.15, -0.1) is 11.3 Å². The summed E-state index contributed by atoms with van der Waals surface area (Å²) in [6.07, 6.45) is 3.85. The second-order valence-electron chi connectivity index (χ2n) is 8.84. The van der Waals surface area contributed by atoms with Gasteiger partial charge in [0.1, 0.15) is 6.04 Å². The van der Waals surface area contributed by atoms with E-state index in [2.05, 4.69) is 10.6 Å². The lowest BCUT2D eigenvalue weighted by Gasteiger charge is -2.31. The predicted molar refractivity (Wildman–Crippen MR) is 149 cm³/mol. The molecule has 1 atom stereocenters. The number of thiophene rings is 1. The first-order chi connectivity index (χ1) is 18.2. The van der Waals surface area contributed by atoms with Crippen molar-refractivity contribution in [1.82, 2.24) is 15.5 Å². The molecule has 3 N–H and O–H groups in total. The first kappa shape index (κ1) is 27.6. The highest BCUT2D eigenvalue weighted by Crippen LogP contribution is 2.37. The Kier molecular flexibility index (Phi) is 9.04. The molecule has 0 aliphatic carbocycles. The average molecular weight is 574 g/mol. The van der Waals surface area contributed by atoms with Crippen molar-refractivity contribution >= 4 is 74.4 Å². The summed E-state index contributed by atoms with van der Waals surface area (Å²) in [5.41, 5.74) is 1.04. The monoisotopic (exact) mass is 573 g/mol. The Hall–Kier alpha value is -3.40. The smallest absolute Gasteiger partial charge is 0.328 e. The minimum absolute atomic E-state index is 0.214. The molecule has 1 aliphatic rings. The molecule has 3 aromatic rings. The number of aliphatic carboxylic acids is 1. The lowest BCUT2D eigenvalue weighted by Crippen LogP contribution is -2.51. The molecule has 2 heterocycles. The van der Waals surface area contributed by atoms with E-state index in [9.17, 15) is 24.3 Å². The van der Waals surface area contributed by atoms with Gasteiger partial charge >= 0.3 is 5.97 Å². The zero-order valence-corrected chi connectivity index (χ0v) is 22.5.